The third-order valence-electron chi connectivity index (χ3n) is 3.82. The number of nitrogens with one attached hydrogen (secondary N) is 1. The summed E-state index contributed by atoms with van der Waals surface area (Å²) in [5.74, 6) is 0.690. The minimum Gasteiger partial charge on any atom is -0.374 e. The monoisotopic (exact) mass is 363 g/mol. The van der Waals surface area contributed by atoms with Crippen LogP contribution < -0.4 is 0 Å². The third-order valence-corrected chi connectivity index (χ3v) is 3.82. The second kappa shape index (κ2) is 11.4. The highest BCUT2D eigenvalue weighted by Gasteiger charge is 2.21. The summed E-state index contributed by atoms with van der Waals surface area (Å²) >= 11 is 0. The summed E-state index contributed by atoms with van der Waals surface area (Å²) in [6.07, 6.45) is 0.978. The molecule has 0 radical (unpaired) electrons. The first kappa shape index (κ1) is 20.1. The van der Waals surface area contributed by atoms with Crippen LogP contribution in [0.4, 0.5) is 0 Å². The topological polar surface area (TPSA) is 119 Å². The number of ether oxygens (including phenoxy) is 2. The zero-order valence-corrected chi connectivity index (χ0v) is 15.0. The first-order chi connectivity index (χ1) is 13.3. The molecule has 0 saturated carbocycles. The van der Waals surface area contributed by atoms with Gasteiger partial charge in [-0.15, -0.1) is 0 Å². The molecule has 0 saturated heterocycles. The molecule has 2 aromatic rings. The highest BCUT2D eigenvalue weighted by Crippen LogP contribution is 2.28. The van der Waals surface area contributed by atoms with Crippen molar-refractivity contribution in [2.24, 2.45) is 0 Å². The van der Waals surface area contributed by atoms with E-state index in [4.69, 9.17) is 30.2 Å². The van der Waals surface area contributed by atoms with Crippen LogP contribution >= 0.6 is 0 Å². The summed E-state index contributed by atoms with van der Waals surface area (Å²) in [5, 5.41) is 26.3. The highest BCUT2D eigenvalue weighted by atomic mass is 16.5. The molecular formula is C20H21N5O2. The van der Waals surface area contributed by atoms with E-state index >= 15 is 0 Å². The van der Waals surface area contributed by atoms with Gasteiger partial charge in [-0.2, -0.15) is 15.8 Å². The Labute approximate surface area is 158 Å². The number of rotatable bonds is 11. The Hall–Kier alpha value is -3.18. The molecule has 0 bridgehead atoms. The Morgan fingerprint density at radius 2 is 1.67 bits per heavy atom. The Morgan fingerprint density at radius 3 is 2.37 bits per heavy atom. The maximum Gasteiger partial charge on any atom is 0.138 e. The van der Waals surface area contributed by atoms with Gasteiger partial charge >= 0.3 is 0 Å². The van der Waals surface area contributed by atoms with Crippen molar-refractivity contribution in [3.05, 3.63) is 41.7 Å². The fraction of sp³-hybridized carbons (Fsp3) is 0.400. The quantitative estimate of drug-likeness (QED) is 0.607. The van der Waals surface area contributed by atoms with Crippen molar-refractivity contribution in [2.75, 3.05) is 13.2 Å². The Balaban J connectivity index is 2.27. The number of imidazole rings is 1. The second-order valence-corrected chi connectivity index (χ2v) is 5.74. The molecule has 1 unspecified atom stereocenters. The predicted octanol–water partition coefficient (Wildman–Crippen LogP) is 3.78. The van der Waals surface area contributed by atoms with Crippen LogP contribution in [0.15, 0.2) is 30.3 Å². The fourth-order valence-electron chi connectivity index (χ4n) is 2.57. The Kier molecular flexibility index (Phi) is 8.53. The average Bonchev–Trinajstić information content (AvgIpc) is 3.13. The van der Waals surface area contributed by atoms with Gasteiger partial charge in [0.1, 0.15) is 11.9 Å². The summed E-state index contributed by atoms with van der Waals surface area (Å²) in [5.41, 5.74) is 2.36. The number of nitrogens with zero attached hydrogens (tertiary/aromatic N) is 4. The van der Waals surface area contributed by atoms with Gasteiger partial charge in [0.2, 0.25) is 0 Å². The van der Waals surface area contributed by atoms with Gasteiger partial charge in [-0.1, -0.05) is 30.3 Å². The summed E-state index contributed by atoms with van der Waals surface area (Å²) in [7, 11) is 0. The largest absolute Gasteiger partial charge is 0.374 e. The lowest BCUT2D eigenvalue weighted by Crippen LogP contribution is -2.09. The zero-order valence-electron chi connectivity index (χ0n) is 15.0. The van der Waals surface area contributed by atoms with E-state index in [1.54, 1.807) is 0 Å². The standard InChI is InChI=1S/C20H21N5O2/c21-10-4-9-18(27-14-6-12-23)19-17(15-26-13-5-11-22)24-20(25-19)16-7-2-1-3-8-16/h1-3,7-8,18H,4-6,9,13-15H2,(H,24,25). The van der Waals surface area contributed by atoms with E-state index in [-0.39, 0.29) is 19.6 Å². The van der Waals surface area contributed by atoms with Crippen molar-refractivity contribution in [2.45, 2.75) is 38.4 Å². The van der Waals surface area contributed by atoms with E-state index < -0.39 is 6.10 Å². The van der Waals surface area contributed by atoms with Crippen LogP contribution in [0.3, 0.4) is 0 Å². The SMILES string of the molecule is N#CCCOCc1[nH]c(-c2ccccc2)nc1C(CCC#N)OCCC#N. The number of nitriles is 3. The first-order valence-corrected chi connectivity index (χ1v) is 8.74. The van der Waals surface area contributed by atoms with Crippen LogP contribution in [0.25, 0.3) is 11.4 Å². The van der Waals surface area contributed by atoms with Crippen LogP contribution in [-0.2, 0) is 16.1 Å². The van der Waals surface area contributed by atoms with Gasteiger partial charge in [0, 0.05) is 12.0 Å². The van der Waals surface area contributed by atoms with Crippen LogP contribution in [-0.4, -0.2) is 23.2 Å². The molecule has 0 amide bonds. The van der Waals surface area contributed by atoms with E-state index in [0.29, 0.717) is 37.4 Å². The molecule has 1 aromatic heterocycles. The molecule has 0 aliphatic carbocycles. The van der Waals surface area contributed by atoms with Crippen molar-refractivity contribution >= 4 is 0 Å². The molecule has 1 aromatic carbocycles. The molecule has 1 N–H and O–H groups in total. The number of benzene rings is 1. The van der Waals surface area contributed by atoms with Crippen LogP contribution in [0.2, 0.25) is 0 Å². The van der Waals surface area contributed by atoms with Gasteiger partial charge in [0.15, 0.2) is 0 Å². The van der Waals surface area contributed by atoms with E-state index in [0.717, 1.165) is 11.3 Å². The van der Waals surface area contributed by atoms with Gasteiger partial charge in [-0.25, -0.2) is 4.98 Å². The Bertz CT molecular complexity index is 827. The smallest absolute Gasteiger partial charge is 0.138 e. The molecule has 138 valence electrons. The number of hydrogen-bond donors (Lipinski definition) is 1. The third kappa shape index (κ3) is 6.24. The van der Waals surface area contributed by atoms with Gasteiger partial charge < -0.3 is 14.5 Å². The Morgan fingerprint density at radius 1 is 0.963 bits per heavy atom. The van der Waals surface area contributed by atoms with Crippen molar-refractivity contribution < 1.29 is 9.47 Å². The highest BCUT2D eigenvalue weighted by molar-refractivity contribution is 5.55. The lowest BCUT2D eigenvalue weighted by atomic mass is 10.1. The van der Waals surface area contributed by atoms with Gasteiger partial charge in [-0.3, -0.25) is 0 Å². The van der Waals surface area contributed by atoms with Crippen molar-refractivity contribution in [1.82, 2.24) is 9.97 Å². The summed E-state index contributed by atoms with van der Waals surface area (Å²) < 4.78 is 11.4. The van der Waals surface area contributed by atoms with E-state index in [9.17, 15) is 0 Å². The lowest BCUT2D eigenvalue weighted by molar-refractivity contribution is 0.0456. The maximum atomic E-state index is 8.95. The second-order valence-electron chi connectivity index (χ2n) is 5.74. The van der Waals surface area contributed by atoms with Crippen LogP contribution in [0.1, 0.15) is 43.2 Å². The van der Waals surface area contributed by atoms with Crippen molar-refractivity contribution in [3.8, 4) is 29.6 Å². The molecule has 7 heteroatoms. The summed E-state index contributed by atoms with van der Waals surface area (Å²) in [4.78, 5) is 7.97. The molecule has 27 heavy (non-hydrogen) atoms. The molecule has 0 spiro atoms. The predicted molar refractivity (Wildman–Crippen MR) is 97.7 cm³/mol. The zero-order chi connectivity index (χ0) is 19.3. The number of aromatic nitrogens is 2. The minimum atomic E-state index is -0.402. The summed E-state index contributed by atoms with van der Waals surface area (Å²) in [6, 6.07) is 15.9. The molecule has 0 aliphatic rings. The molecule has 2 rings (SSSR count). The summed E-state index contributed by atoms with van der Waals surface area (Å²) in [6.45, 7) is 0.865. The van der Waals surface area contributed by atoms with E-state index in [1.807, 2.05) is 36.4 Å². The minimum absolute atomic E-state index is 0.265. The number of H-pyrrole nitrogens is 1. The van der Waals surface area contributed by atoms with E-state index in [1.165, 1.54) is 0 Å². The first-order valence-electron chi connectivity index (χ1n) is 8.74. The number of hydrogen-bond acceptors (Lipinski definition) is 6. The molecule has 0 aliphatic heterocycles. The molecule has 7 nitrogen and oxygen atoms in total. The average molecular weight is 363 g/mol. The van der Waals surface area contributed by atoms with Gasteiger partial charge in [-0.05, 0) is 6.42 Å². The van der Waals surface area contributed by atoms with Crippen LogP contribution in [0, 0.1) is 34.0 Å². The molecular weight excluding hydrogens is 342 g/mol. The van der Waals surface area contributed by atoms with Gasteiger partial charge in [0.05, 0.1) is 62.3 Å². The normalized spacial score (nSPS) is 11.3. The van der Waals surface area contributed by atoms with Crippen molar-refractivity contribution in [3.63, 3.8) is 0 Å². The van der Waals surface area contributed by atoms with Crippen molar-refractivity contribution in [1.29, 1.82) is 15.8 Å². The maximum absolute atomic E-state index is 8.95. The van der Waals surface area contributed by atoms with E-state index in [2.05, 4.69) is 17.1 Å². The molecule has 0 fully saturated rings. The van der Waals surface area contributed by atoms with Crippen LogP contribution in [0.5, 0.6) is 0 Å². The van der Waals surface area contributed by atoms with Gasteiger partial charge in [0.25, 0.3) is 0 Å². The molecule has 1 heterocycles. The number of aromatic amines is 1. The lowest BCUT2D eigenvalue weighted by Gasteiger charge is -2.15. The molecule has 1 atom stereocenters. The fourth-order valence-corrected chi connectivity index (χ4v) is 2.57.